The van der Waals surface area contributed by atoms with Gasteiger partial charge in [-0.15, -0.1) is 0 Å². The van der Waals surface area contributed by atoms with Gasteiger partial charge in [-0.3, -0.25) is 9.59 Å². The van der Waals surface area contributed by atoms with E-state index < -0.39 is 11.7 Å². The Labute approximate surface area is 154 Å². The lowest BCUT2D eigenvalue weighted by atomic mass is 10.2. The summed E-state index contributed by atoms with van der Waals surface area (Å²) < 4.78 is 43.0. The van der Waals surface area contributed by atoms with Crippen molar-refractivity contribution in [3.8, 4) is 5.75 Å². The average Bonchev–Trinajstić information content (AvgIpc) is 2.62. The van der Waals surface area contributed by atoms with Gasteiger partial charge in [0.15, 0.2) is 0 Å². The maximum absolute atomic E-state index is 12.6. The Balaban J connectivity index is 1.99. The number of carbonyl (C=O) groups is 2. The third-order valence-electron chi connectivity index (χ3n) is 3.82. The van der Waals surface area contributed by atoms with E-state index >= 15 is 0 Å². The zero-order chi connectivity index (χ0) is 20.0. The van der Waals surface area contributed by atoms with Gasteiger partial charge in [0.1, 0.15) is 5.75 Å². The molecule has 0 aliphatic rings. The van der Waals surface area contributed by atoms with E-state index in [1.807, 2.05) is 0 Å². The molecule has 0 unspecified atom stereocenters. The molecule has 8 heteroatoms. The summed E-state index contributed by atoms with van der Waals surface area (Å²) in [6.45, 7) is 1.34. The van der Waals surface area contributed by atoms with Crippen LogP contribution in [0.25, 0.3) is 0 Å². The fourth-order valence-electron chi connectivity index (χ4n) is 2.41. The zero-order valence-corrected chi connectivity index (χ0v) is 14.8. The van der Waals surface area contributed by atoms with Gasteiger partial charge < -0.3 is 15.0 Å². The number of anilines is 2. The first-order chi connectivity index (χ1) is 12.7. The number of hydrogen-bond donors (Lipinski definition) is 1. The van der Waals surface area contributed by atoms with Gasteiger partial charge in [0.2, 0.25) is 11.8 Å². The molecule has 0 saturated heterocycles. The van der Waals surface area contributed by atoms with Gasteiger partial charge in [-0.1, -0.05) is 0 Å². The maximum Gasteiger partial charge on any atom is 0.416 e. The molecule has 0 fully saturated rings. The van der Waals surface area contributed by atoms with Crippen molar-refractivity contribution in [3.05, 3.63) is 54.1 Å². The number of nitrogens with one attached hydrogen (secondary N) is 1. The molecule has 27 heavy (non-hydrogen) atoms. The number of halogens is 3. The van der Waals surface area contributed by atoms with Crippen LogP contribution >= 0.6 is 0 Å². The second-order valence-corrected chi connectivity index (χ2v) is 5.74. The quantitative estimate of drug-likeness (QED) is 0.821. The summed E-state index contributed by atoms with van der Waals surface area (Å²) >= 11 is 0. The molecule has 1 N–H and O–H groups in total. The third-order valence-corrected chi connectivity index (χ3v) is 3.82. The van der Waals surface area contributed by atoms with Crippen molar-refractivity contribution in [2.45, 2.75) is 19.5 Å². The molecule has 144 valence electrons. The highest BCUT2D eigenvalue weighted by Gasteiger charge is 2.30. The summed E-state index contributed by atoms with van der Waals surface area (Å²) in [5.41, 5.74) is 0.0736. The molecule has 0 aromatic heterocycles. The zero-order valence-electron chi connectivity index (χ0n) is 14.8. The van der Waals surface area contributed by atoms with Crippen LogP contribution in [0.5, 0.6) is 5.75 Å². The first-order valence-electron chi connectivity index (χ1n) is 8.10. The van der Waals surface area contributed by atoms with Crippen LogP contribution in [-0.2, 0) is 15.8 Å². The highest BCUT2D eigenvalue weighted by atomic mass is 19.4. The van der Waals surface area contributed by atoms with Crippen LogP contribution in [0.2, 0.25) is 0 Å². The molecule has 2 amide bonds. The Hall–Kier alpha value is -3.03. The SMILES string of the molecule is COc1ccc(NC(=O)CCN(C(C)=O)c2ccc(C(F)(F)F)cc2)cc1. The third kappa shape index (κ3) is 5.73. The molecule has 0 spiro atoms. The van der Waals surface area contributed by atoms with Crippen LogP contribution in [0.15, 0.2) is 48.5 Å². The van der Waals surface area contributed by atoms with E-state index in [1.54, 1.807) is 24.3 Å². The molecular weight excluding hydrogens is 361 g/mol. The second kappa shape index (κ2) is 8.57. The van der Waals surface area contributed by atoms with Gasteiger partial charge in [0.25, 0.3) is 0 Å². The number of rotatable bonds is 6. The van der Waals surface area contributed by atoms with Crippen molar-refractivity contribution in [2.24, 2.45) is 0 Å². The highest BCUT2D eigenvalue weighted by Crippen LogP contribution is 2.30. The Morgan fingerprint density at radius 3 is 2.11 bits per heavy atom. The summed E-state index contributed by atoms with van der Waals surface area (Å²) in [6.07, 6.45) is -4.45. The van der Waals surface area contributed by atoms with Crippen LogP contribution < -0.4 is 15.0 Å². The van der Waals surface area contributed by atoms with Crippen LogP contribution in [0.1, 0.15) is 18.9 Å². The highest BCUT2D eigenvalue weighted by molar-refractivity contribution is 5.94. The van der Waals surface area contributed by atoms with Crippen molar-refractivity contribution in [1.82, 2.24) is 0 Å². The molecule has 2 aromatic carbocycles. The van der Waals surface area contributed by atoms with Gasteiger partial charge in [0, 0.05) is 31.3 Å². The van der Waals surface area contributed by atoms with Crippen LogP contribution in [0.4, 0.5) is 24.5 Å². The molecule has 0 radical (unpaired) electrons. The second-order valence-electron chi connectivity index (χ2n) is 5.74. The summed E-state index contributed by atoms with van der Waals surface area (Å²) in [5, 5.41) is 2.69. The average molecular weight is 380 g/mol. The Morgan fingerprint density at radius 2 is 1.63 bits per heavy atom. The molecule has 0 aliphatic heterocycles. The lowest BCUT2D eigenvalue weighted by Crippen LogP contribution is -2.32. The van der Waals surface area contributed by atoms with Crippen molar-refractivity contribution in [1.29, 1.82) is 0 Å². The van der Waals surface area contributed by atoms with Gasteiger partial charge in [0.05, 0.1) is 12.7 Å². The smallest absolute Gasteiger partial charge is 0.416 e. The largest absolute Gasteiger partial charge is 0.497 e. The maximum atomic E-state index is 12.6. The van der Waals surface area contributed by atoms with E-state index in [9.17, 15) is 22.8 Å². The molecule has 0 atom stereocenters. The Kier molecular flexibility index (Phi) is 6.44. The molecule has 5 nitrogen and oxygen atoms in total. The van der Waals surface area contributed by atoms with Gasteiger partial charge in [-0.2, -0.15) is 13.2 Å². The van der Waals surface area contributed by atoms with Crippen LogP contribution in [0.3, 0.4) is 0 Å². The van der Waals surface area contributed by atoms with E-state index in [1.165, 1.54) is 31.1 Å². The predicted octanol–water partition coefficient (Wildman–Crippen LogP) is 4.10. The minimum Gasteiger partial charge on any atom is -0.497 e. The normalized spacial score (nSPS) is 11.0. The van der Waals surface area contributed by atoms with Crippen molar-refractivity contribution in [3.63, 3.8) is 0 Å². The lowest BCUT2D eigenvalue weighted by Gasteiger charge is -2.21. The molecular formula is C19H19F3N2O3. The number of amides is 2. The topological polar surface area (TPSA) is 58.6 Å². The fraction of sp³-hybridized carbons (Fsp3) is 0.263. The molecule has 0 heterocycles. The summed E-state index contributed by atoms with van der Waals surface area (Å²) in [6, 6.07) is 11.0. The Morgan fingerprint density at radius 1 is 1.04 bits per heavy atom. The summed E-state index contributed by atoms with van der Waals surface area (Å²) in [7, 11) is 1.53. The summed E-state index contributed by atoms with van der Waals surface area (Å²) in [5.74, 6) is -0.0385. The number of benzene rings is 2. The van der Waals surface area contributed by atoms with Crippen LogP contribution in [-0.4, -0.2) is 25.5 Å². The van der Waals surface area contributed by atoms with Gasteiger partial charge in [-0.05, 0) is 48.5 Å². The number of hydrogen-bond acceptors (Lipinski definition) is 3. The molecule has 0 saturated carbocycles. The number of ether oxygens (including phenoxy) is 1. The standard InChI is InChI=1S/C19H19F3N2O3/c1-13(25)24(16-7-3-14(4-8-16)19(20,21)22)12-11-18(26)23-15-5-9-17(27-2)10-6-15/h3-10H,11-12H2,1-2H3,(H,23,26). The first-order valence-corrected chi connectivity index (χ1v) is 8.10. The van der Waals surface area contributed by atoms with Crippen molar-refractivity contribution < 1.29 is 27.5 Å². The van der Waals surface area contributed by atoms with E-state index in [0.29, 0.717) is 17.1 Å². The van der Waals surface area contributed by atoms with E-state index in [2.05, 4.69) is 5.32 Å². The first kappa shape index (κ1) is 20.3. The number of nitrogens with zero attached hydrogens (tertiary/aromatic N) is 1. The van der Waals surface area contributed by atoms with E-state index in [0.717, 1.165) is 12.1 Å². The summed E-state index contributed by atoms with van der Waals surface area (Å²) in [4.78, 5) is 25.2. The van der Waals surface area contributed by atoms with Crippen molar-refractivity contribution >= 4 is 23.2 Å². The molecule has 2 rings (SSSR count). The Bertz CT molecular complexity index is 787. The fourth-order valence-corrected chi connectivity index (χ4v) is 2.41. The molecule has 0 aliphatic carbocycles. The van der Waals surface area contributed by atoms with Crippen molar-refractivity contribution in [2.75, 3.05) is 23.9 Å². The minimum absolute atomic E-state index is 0.00731. The van der Waals surface area contributed by atoms with Gasteiger partial charge in [-0.25, -0.2) is 0 Å². The van der Waals surface area contributed by atoms with Crippen LogP contribution in [0, 0.1) is 0 Å². The molecule has 2 aromatic rings. The lowest BCUT2D eigenvalue weighted by molar-refractivity contribution is -0.137. The minimum atomic E-state index is -4.45. The van der Waals surface area contributed by atoms with E-state index in [-0.39, 0.29) is 24.8 Å². The number of methoxy groups -OCH3 is 1. The monoisotopic (exact) mass is 380 g/mol. The predicted molar refractivity (Wildman–Crippen MR) is 95.7 cm³/mol. The van der Waals surface area contributed by atoms with E-state index in [4.69, 9.17) is 4.74 Å². The number of alkyl halides is 3. The molecule has 0 bridgehead atoms. The number of carbonyl (C=O) groups excluding carboxylic acids is 2. The van der Waals surface area contributed by atoms with Gasteiger partial charge >= 0.3 is 6.18 Å².